The molecule has 84 valence electrons. The van der Waals surface area contributed by atoms with Crippen molar-refractivity contribution in [3.05, 3.63) is 22.6 Å². The maximum absolute atomic E-state index is 11.4. The molecule has 3 rings (SSSR count). The third kappa shape index (κ3) is 1.51. The summed E-state index contributed by atoms with van der Waals surface area (Å²) in [5, 5.41) is 10.5. The standard InChI is InChI=1S/C9H10BrN5O/c10-6-3-4-14(5-6)8-2-1-7-11-12-9(16)15(7)13-8/h1-2,6H,3-5H2,(H,12,16). The van der Waals surface area contributed by atoms with E-state index in [-0.39, 0.29) is 5.69 Å². The van der Waals surface area contributed by atoms with E-state index in [4.69, 9.17) is 0 Å². The minimum absolute atomic E-state index is 0.300. The third-order valence-corrected chi connectivity index (χ3v) is 3.46. The molecule has 1 aliphatic heterocycles. The smallest absolute Gasteiger partial charge is 0.354 e. The first-order valence-electron chi connectivity index (χ1n) is 5.07. The van der Waals surface area contributed by atoms with Crippen molar-refractivity contribution in [1.29, 1.82) is 0 Å². The van der Waals surface area contributed by atoms with Gasteiger partial charge in [0.25, 0.3) is 0 Å². The van der Waals surface area contributed by atoms with Gasteiger partial charge in [-0.25, -0.2) is 9.89 Å². The number of H-pyrrole nitrogens is 1. The number of nitrogens with one attached hydrogen (secondary N) is 1. The molecule has 7 heteroatoms. The average Bonchev–Trinajstić information content (AvgIpc) is 2.86. The third-order valence-electron chi connectivity index (χ3n) is 2.71. The second kappa shape index (κ2) is 3.58. The quantitative estimate of drug-likeness (QED) is 0.769. The molecule has 1 fully saturated rings. The fraction of sp³-hybridized carbons (Fsp3) is 0.444. The summed E-state index contributed by atoms with van der Waals surface area (Å²) >= 11 is 3.58. The Morgan fingerprint density at radius 1 is 1.50 bits per heavy atom. The van der Waals surface area contributed by atoms with Gasteiger partial charge in [0.2, 0.25) is 0 Å². The van der Waals surface area contributed by atoms with Crippen LogP contribution in [0.4, 0.5) is 5.82 Å². The fourth-order valence-corrected chi connectivity index (χ4v) is 2.44. The molecule has 0 bridgehead atoms. The second-order valence-corrected chi connectivity index (χ2v) is 5.12. The minimum Gasteiger partial charge on any atom is -0.354 e. The molecule has 0 aromatic carbocycles. The van der Waals surface area contributed by atoms with Gasteiger partial charge in [-0.05, 0) is 18.6 Å². The molecular weight excluding hydrogens is 274 g/mol. The van der Waals surface area contributed by atoms with Gasteiger partial charge in [-0.15, -0.1) is 5.10 Å². The number of halogens is 1. The summed E-state index contributed by atoms with van der Waals surface area (Å²) in [5.41, 5.74) is 0.245. The van der Waals surface area contributed by atoms with Gasteiger partial charge in [-0.3, -0.25) is 0 Å². The molecule has 1 N–H and O–H groups in total. The lowest BCUT2D eigenvalue weighted by molar-refractivity contribution is 0.833. The molecule has 0 amide bonds. The number of hydrogen-bond acceptors (Lipinski definition) is 4. The van der Waals surface area contributed by atoms with Gasteiger partial charge in [0.15, 0.2) is 5.65 Å². The molecule has 0 spiro atoms. The van der Waals surface area contributed by atoms with E-state index in [0.29, 0.717) is 10.5 Å². The molecule has 1 aliphatic rings. The van der Waals surface area contributed by atoms with Crippen LogP contribution < -0.4 is 10.6 Å². The predicted octanol–water partition coefficient (Wildman–Crippen LogP) is 0.391. The van der Waals surface area contributed by atoms with Crippen LogP contribution in [0, 0.1) is 0 Å². The Hall–Kier alpha value is -1.37. The van der Waals surface area contributed by atoms with E-state index >= 15 is 0 Å². The number of anilines is 1. The Balaban J connectivity index is 2.04. The Labute approximate surface area is 99.4 Å². The first kappa shape index (κ1) is 9.83. The minimum atomic E-state index is -0.300. The Kier molecular flexibility index (Phi) is 2.20. The van der Waals surface area contributed by atoms with E-state index in [1.165, 1.54) is 4.52 Å². The monoisotopic (exact) mass is 283 g/mol. The highest BCUT2D eigenvalue weighted by Gasteiger charge is 2.21. The zero-order chi connectivity index (χ0) is 11.1. The Morgan fingerprint density at radius 3 is 3.12 bits per heavy atom. The molecule has 6 nitrogen and oxygen atoms in total. The molecule has 0 saturated carbocycles. The molecule has 3 heterocycles. The first-order chi connectivity index (χ1) is 7.74. The van der Waals surface area contributed by atoms with Crippen molar-refractivity contribution in [2.24, 2.45) is 0 Å². The summed E-state index contributed by atoms with van der Waals surface area (Å²) in [4.78, 5) is 14.0. The molecule has 1 atom stereocenters. The van der Waals surface area contributed by atoms with Gasteiger partial charge in [-0.1, -0.05) is 15.9 Å². The lowest BCUT2D eigenvalue weighted by atomic mass is 10.4. The SMILES string of the molecule is O=c1[nH]nc2ccc(N3CCC(Br)C3)nn12. The summed E-state index contributed by atoms with van der Waals surface area (Å²) in [5.74, 6) is 0.818. The number of aromatic amines is 1. The van der Waals surface area contributed by atoms with Crippen molar-refractivity contribution in [2.45, 2.75) is 11.2 Å². The Morgan fingerprint density at radius 2 is 2.38 bits per heavy atom. The lowest BCUT2D eigenvalue weighted by Gasteiger charge is -2.15. The highest BCUT2D eigenvalue weighted by molar-refractivity contribution is 9.09. The van der Waals surface area contributed by atoms with Gasteiger partial charge in [0.1, 0.15) is 5.82 Å². The van der Waals surface area contributed by atoms with Crippen molar-refractivity contribution in [2.75, 3.05) is 18.0 Å². The summed E-state index contributed by atoms with van der Waals surface area (Å²) in [6, 6.07) is 3.68. The molecule has 0 radical (unpaired) electrons. The van der Waals surface area contributed by atoms with Crippen LogP contribution in [0.1, 0.15) is 6.42 Å². The van der Waals surface area contributed by atoms with E-state index in [9.17, 15) is 4.79 Å². The van der Waals surface area contributed by atoms with Crippen LogP contribution in [-0.2, 0) is 0 Å². The molecule has 1 unspecified atom stereocenters. The summed E-state index contributed by atoms with van der Waals surface area (Å²) in [6.07, 6.45) is 1.10. The largest absolute Gasteiger partial charge is 0.364 e. The molecule has 2 aromatic heterocycles. The summed E-state index contributed by atoms with van der Waals surface area (Å²) < 4.78 is 1.29. The number of nitrogens with zero attached hydrogens (tertiary/aromatic N) is 4. The average molecular weight is 284 g/mol. The van der Waals surface area contributed by atoms with Crippen molar-refractivity contribution in [3.63, 3.8) is 0 Å². The van der Waals surface area contributed by atoms with Crippen LogP contribution in [-0.4, -0.2) is 37.7 Å². The van der Waals surface area contributed by atoms with Crippen molar-refractivity contribution < 1.29 is 0 Å². The first-order valence-corrected chi connectivity index (χ1v) is 5.99. The van der Waals surface area contributed by atoms with Gasteiger partial charge < -0.3 is 4.90 Å². The van der Waals surface area contributed by atoms with Gasteiger partial charge >= 0.3 is 5.69 Å². The molecule has 2 aromatic rings. The topological polar surface area (TPSA) is 66.3 Å². The van der Waals surface area contributed by atoms with E-state index in [1.807, 2.05) is 6.07 Å². The lowest BCUT2D eigenvalue weighted by Crippen LogP contribution is -2.23. The summed E-state index contributed by atoms with van der Waals surface area (Å²) in [6.45, 7) is 1.88. The Bertz CT molecular complexity index is 577. The zero-order valence-corrected chi connectivity index (χ0v) is 10.0. The molecule has 0 aliphatic carbocycles. The van der Waals surface area contributed by atoms with Gasteiger partial charge in [0, 0.05) is 17.9 Å². The van der Waals surface area contributed by atoms with E-state index in [0.717, 1.165) is 25.3 Å². The number of fused-ring (bicyclic) bond motifs is 1. The number of aromatic nitrogens is 4. The van der Waals surface area contributed by atoms with E-state index < -0.39 is 0 Å². The van der Waals surface area contributed by atoms with Gasteiger partial charge in [-0.2, -0.15) is 9.61 Å². The molecular formula is C9H10BrN5O. The zero-order valence-electron chi connectivity index (χ0n) is 8.43. The summed E-state index contributed by atoms with van der Waals surface area (Å²) in [7, 11) is 0. The van der Waals surface area contributed by atoms with Crippen LogP contribution in [0.15, 0.2) is 16.9 Å². The highest BCUT2D eigenvalue weighted by atomic mass is 79.9. The molecule has 1 saturated heterocycles. The number of rotatable bonds is 1. The maximum atomic E-state index is 11.4. The van der Waals surface area contributed by atoms with Gasteiger partial charge in [0.05, 0.1) is 0 Å². The van der Waals surface area contributed by atoms with Crippen LogP contribution in [0.5, 0.6) is 0 Å². The van der Waals surface area contributed by atoms with E-state index in [2.05, 4.69) is 36.1 Å². The van der Waals surface area contributed by atoms with Crippen LogP contribution in [0.25, 0.3) is 5.65 Å². The van der Waals surface area contributed by atoms with Crippen LogP contribution in [0.2, 0.25) is 0 Å². The van der Waals surface area contributed by atoms with Crippen molar-refractivity contribution in [1.82, 2.24) is 19.8 Å². The number of alkyl halides is 1. The fourth-order valence-electron chi connectivity index (χ4n) is 1.89. The van der Waals surface area contributed by atoms with Crippen molar-refractivity contribution >= 4 is 27.4 Å². The van der Waals surface area contributed by atoms with E-state index in [1.54, 1.807) is 6.07 Å². The highest BCUT2D eigenvalue weighted by Crippen LogP contribution is 2.21. The number of hydrogen-bond donors (Lipinski definition) is 1. The van der Waals surface area contributed by atoms with Crippen molar-refractivity contribution in [3.8, 4) is 0 Å². The van der Waals surface area contributed by atoms with Crippen LogP contribution >= 0.6 is 15.9 Å². The van der Waals surface area contributed by atoms with Crippen LogP contribution in [0.3, 0.4) is 0 Å². The molecule has 16 heavy (non-hydrogen) atoms. The second-order valence-electron chi connectivity index (χ2n) is 3.82. The normalized spacial score (nSPS) is 20.8. The predicted molar refractivity (Wildman–Crippen MR) is 63.2 cm³/mol. The maximum Gasteiger partial charge on any atom is 0.364 e.